The van der Waals surface area contributed by atoms with Crippen LogP contribution in [-0.4, -0.2) is 12.5 Å². The highest BCUT2D eigenvalue weighted by Crippen LogP contribution is 2.18. The van der Waals surface area contributed by atoms with Gasteiger partial charge in [0.2, 0.25) is 5.91 Å². The molecule has 122 valence electrons. The number of ether oxygens (including phenoxy) is 1. The molecular formula is C17H16F3NO2. The normalized spacial score (nSPS) is 10.7. The van der Waals surface area contributed by atoms with Gasteiger partial charge in [0.05, 0.1) is 0 Å². The van der Waals surface area contributed by atoms with Crippen molar-refractivity contribution in [2.45, 2.75) is 26.4 Å². The molecule has 0 aliphatic rings. The van der Waals surface area contributed by atoms with Gasteiger partial charge in [-0.05, 0) is 54.8 Å². The van der Waals surface area contributed by atoms with Gasteiger partial charge in [0.25, 0.3) is 0 Å². The van der Waals surface area contributed by atoms with E-state index in [0.29, 0.717) is 17.7 Å². The fraction of sp³-hybridized carbons (Fsp3) is 0.235. The van der Waals surface area contributed by atoms with Crippen molar-refractivity contribution < 1.29 is 22.7 Å². The maximum absolute atomic E-state index is 13.0. The average molecular weight is 323 g/mol. The highest BCUT2D eigenvalue weighted by atomic mass is 19.3. The number of halogens is 3. The van der Waals surface area contributed by atoms with Crippen molar-refractivity contribution in [3.8, 4) is 5.75 Å². The van der Waals surface area contributed by atoms with Gasteiger partial charge in [-0.2, -0.15) is 8.78 Å². The Morgan fingerprint density at radius 2 is 1.87 bits per heavy atom. The van der Waals surface area contributed by atoms with Crippen LogP contribution in [0.4, 0.5) is 18.9 Å². The first-order valence-corrected chi connectivity index (χ1v) is 7.04. The quantitative estimate of drug-likeness (QED) is 0.860. The van der Waals surface area contributed by atoms with Gasteiger partial charge in [0, 0.05) is 12.1 Å². The summed E-state index contributed by atoms with van der Waals surface area (Å²) >= 11 is 0. The van der Waals surface area contributed by atoms with Crippen LogP contribution in [0.3, 0.4) is 0 Å². The summed E-state index contributed by atoms with van der Waals surface area (Å²) in [6, 6.07) is 10.3. The third-order valence-corrected chi connectivity index (χ3v) is 3.25. The fourth-order valence-electron chi connectivity index (χ4n) is 2.08. The van der Waals surface area contributed by atoms with Gasteiger partial charge in [-0.25, -0.2) is 4.39 Å². The minimum atomic E-state index is -2.86. The Labute approximate surface area is 132 Å². The second-order valence-electron chi connectivity index (χ2n) is 5.03. The molecule has 1 N–H and O–H groups in total. The largest absolute Gasteiger partial charge is 0.435 e. The van der Waals surface area contributed by atoms with Crippen LogP contribution in [0.1, 0.15) is 17.5 Å². The Hall–Kier alpha value is -2.50. The minimum absolute atomic E-state index is 0.0788. The molecule has 0 atom stereocenters. The van der Waals surface area contributed by atoms with Crippen LogP contribution < -0.4 is 10.1 Å². The minimum Gasteiger partial charge on any atom is -0.435 e. The van der Waals surface area contributed by atoms with Gasteiger partial charge in [-0.3, -0.25) is 4.79 Å². The number of hydrogen-bond donors (Lipinski definition) is 1. The molecule has 2 aromatic carbocycles. The Bertz CT molecular complexity index is 672. The number of anilines is 1. The van der Waals surface area contributed by atoms with E-state index >= 15 is 0 Å². The number of carbonyl (C=O) groups excluding carboxylic acids is 1. The van der Waals surface area contributed by atoms with Crippen molar-refractivity contribution >= 4 is 11.6 Å². The first kappa shape index (κ1) is 16.9. The Morgan fingerprint density at radius 1 is 1.17 bits per heavy atom. The fourth-order valence-corrected chi connectivity index (χ4v) is 2.08. The molecule has 0 aliphatic heterocycles. The number of carbonyl (C=O) groups is 1. The van der Waals surface area contributed by atoms with Crippen LogP contribution in [-0.2, 0) is 11.2 Å². The van der Waals surface area contributed by atoms with Gasteiger partial charge in [0.15, 0.2) is 0 Å². The first-order valence-electron chi connectivity index (χ1n) is 7.04. The van der Waals surface area contributed by atoms with Gasteiger partial charge in [0.1, 0.15) is 11.6 Å². The van der Waals surface area contributed by atoms with E-state index < -0.39 is 6.61 Å². The highest BCUT2D eigenvalue weighted by molar-refractivity contribution is 5.91. The van der Waals surface area contributed by atoms with E-state index in [9.17, 15) is 18.0 Å². The molecule has 0 aromatic heterocycles. The van der Waals surface area contributed by atoms with Crippen LogP contribution >= 0.6 is 0 Å². The maximum atomic E-state index is 13.0. The van der Waals surface area contributed by atoms with Crippen molar-refractivity contribution in [2.75, 3.05) is 5.32 Å². The van der Waals surface area contributed by atoms with Crippen LogP contribution in [0.5, 0.6) is 5.75 Å². The molecule has 2 aromatic rings. The Balaban J connectivity index is 1.86. The lowest BCUT2D eigenvalue weighted by Gasteiger charge is -2.09. The standard InChI is InChI=1S/C17H16F3NO2/c1-11-10-13(18)5-8-15(11)21-16(22)9-4-12-2-6-14(7-3-12)23-17(19)20/h2-3,5-8,10,17H,4,9H2,1H3,(H,21,22). The van der Waals surface area contributed by atoms with Crippen molar-refractivity contribution in [1.29, 1.82) is 0 Å². The van der Waals surface area contributed by atoms with Crippen molar-refractivity contribution in [2.24, 2.45) is 0 Å². The highest BCUT2D eigenvalue weighted by Gasteiger charge is 2.07. The van der Waals surface area contributed by atoms with E-state index in [1.54, 1.807) is 19.1 Å². The van der Waals surface area contributed by atoms with Crippen molar-refractivity contribution in [3.63, 3.8) is 0 Å². The lowest BCUT2D eigenvalue weighted by molar-refractivity contribution is -0.116. The second-order valence-corrected chi connectivity index (χ2v) is 5.03. The molecule has 0 spiro atoms. The smallest absolute Gasteiger partial charge is 0.387 e. The molecule has 0 saturated heterocycles. The molecular weight excluding hydrogens is 307 g/mol. The third kappa shape index (κ3) is 5.32. The van der Waals surface area contributed by atoms with E-state index in [1.165, 1.54) is 30.3 Å². The van der Waals surface area contributed by atoms with Gasteiger partial charge < -0.3 is 10.1 Å². The molecule has 0 bridgehead atoms. The predicted molar refractivity (Wildman–Crippen MR) is 81.2 cm³/mol. The summed E-state index contributed by atoms with van der Waals surface area (Å²) in [5, 5.41) is 2.72. The Morgan fingerprint density at radius 3 is 2.48 bits per heavy atom. The molecule has 1 amide bonds. The van der Waals surface area contributed by atoms with Gasteiger partial charge in [-0.15, -0.1) is 0 Å². The number of amides is 1. The maximum Gasteiger partial charge on any atom is 0.387 e. The van der Waals surface area contributed by atoms with E-state index in [4.69, 9.17) is 0 Å². The molecule has 0 aliphatic carbocycles. The summed E-state index contributed by atoms with van der Waals surface area (Å²) in [5.41, 5.74) is 2.04. The van der Waals surface area contributed by atoms with Crippen LogP contribution in [0.2, 0.25) is 0 Å². The SMILES string of the molecule is Cc1cc(F)ccc1NC(=O)CCc1ccc(OC(F)F)cc1. The molecule has 0 heterocycles. The topological polar surface area (TPSA) is 38.3 Å². The van der Waals surface area contributed by atoms with Gasteiger partial charge >= 0.3 is 6.61 Å². The molecule has 6 heteroatoms. The summed E-state index contributed by atoms with van der Waals surface area (Å²) in [5.74, 6) is -0.477. The Kier molecular flexibility index (Phi) is 5.62. The molecule has 2 rings (SSSR count). The van der Waals surface area contributed by atoms with Crippen LogP contribution in [0.25, 0.3) is 0 Å². The average Bonchev–Trinajstić information content (AvgIpc) is 2.49. The third-order valence-electron chi connectivity index (χ3n) is 3.25. The zero-order valence-corrected chi connectivity index (χ0v) is 12.5. The molecule has 0 unspecified atom stereocenters. The summed E-state index contributed by atoms with van der Waals surface area (Å²) in [6.45, 7) is -1.15. The molecule has 0 fully saturated rings. The first-order chi connectivity index (χ1) is 10.9. The van der Waals surface area contributed by atoms with Crippen LogP contribution in [0, 0.1) is 12.7 Å². The van der Waals surface area contributed by atoms with E-state index in [-0.39, 0.29) is 23.9 Å². The molecule has 3 nitrogen and oxygen atoms in total. The lowest BCUT2D eigenvalue weighted by Crippen LogP contribution is -2.13. The number of rotatable bonds is 6. The summed E-state index contributed by atoms with van der Waals surface area (Å²) < 4.78 is 41.3. The summed E-state index contributed by atoms with van der Waals surface area (Å²) in [6.07, 6.45) is 0.687. The molecule has 0 saturated carbocycles. The van der Waals surface area contributed by atoms with Gasteiger partial charge in [-0.1, -0.05) is 12.1 Å². The zero-order valence-electron chi connectivity index (χ0n) is 12.5. The predicted octanol–water partition coefficient (Wildman–Crippen LogP) is 4.31. The monoisotopic (exact) mass is 323 g/mol. The molecule has 0 radical (unpaired) electrons. The van der Waals surface area contributed by atoms with E-state index in [0.717, 1.165) is 5.56 Å². The zero-order chi connectivity index (χ0) is 16.8. The molecule has 23 heavy (non-hydrogen) atoms. The van der Waals surface area contributed by atoms with Crippen molar-refractivity contribution in [3.05, 3.63) is 59.4 Å². The van der Waals surface area contributed by atoms with E-state index in [2.05, 4.69) is 10.1 Å². The number of benzene rings is 2. The summed E-state index contributed by atoms with van der Waals surface area (Å²) in [7, 11) is 0. The number of nitrogens with one attached hydrogen (secondary N) is 1. The number of hydrogen-bond acceptors (Lipinski definition) is 2. The number of alkyl halides is 2. The summed E-state index contributed by atoms with van der Waals surface area (Å²) in [4.78, 5) is 11.9. The van der Waals surface area contributed by atoms with Crippen molar-refractivity contribution in [1.82, 2.24) is 0 Å². The van der Waals surface area contributed by atoms with Crippen LogP contribution in [0.15, 0.2) is 42.5 Å². The number of aryl methyl sites for hydroxylation is 2. The second kappa shape index (κ2) is 7.67. The lowest BCUT2D eigenvalue weighted by atomic mass is 10.1. The van der Waals surface area contributed by atoms with E-state index in [1.807, 2.05) is 0 Å².